The highest BCUT2D eigenvalue weighted by molar-refractivity contribution is 7.99. The van der Waals surface area contributed by atoms with Crippen LogP contribution in [0, 0.1) is 0 Å². The number of nitrogens with one attached hydrogen (secondary N) is 1. The number of aromatic amines is 1. The maximum atomic E-state index is 11.5. The van der Waals surface area contributed by atoms with E-state index in [4.69, 9.17) is 5.11 Å². The maximum absolute atomic E-state index is 11.5. The van der Waals surface area contributed by atoms with Crippen LogP contribution in [0.25, 0.3) is 0 Å². The van der Waals surface area contributed by atoms with E-state index in [2.05, 4.69) is 15.0 Å². The minimum absolute atomic E-state index is 0.0398. The summed E-state index contributed by atoms with van der Waals surface area (Å²) in [5, 5.41) is 9.34. The number of aromatic carboxylic acids is 1. The highest BCUT2D eigenvalue weighted by atomic mass is 32.2. The largest absolute Gasteiger partial charge is 0.477 e. The Hall–Kier alpha value is -2.15. The zero-order chi connectivity index (χ0) is 14.5. The predicted molar refractivity (Wildman–Crippen MR) is 74.2 cm³/mol. The Morgan fingerprint density at radius 1 is 1.45 bits per heavy atom. The van der Waals surface area contributed by atoms with Gasteiger partial charge in [0.05, 0.1) is 0 Å². The molecule has 0 radical (unpaired) electrons. The molecule has 2 rings (SSSR count). The molecule has 0 aliphatic rings. The van der Waals surface area contributed by atoms with E-state index >= 15 is 0 Å². The zero-order valence-electron chi connectivity index (χ0n) is 10.8. The van der Waals surface area contributed by atoms with Crippen molar-refractivity contribution in [1.29, 1.82) is 0 Å². The molecule has 0 unspecified atom stereocenters. The second-order valence-electron chi connectivity index (χ2n) is 4.08. The van der Waals surface area contributed by atoms with Crippen LogP contribution in [-0.4, -0.2) is 26.0 Å². The van der Waals surface area contributed by atoms with Crippen LogP contribution >= 0.6 is 11.8 Å². The van der Waals surface area contributed by atoms with E-state index in [0.717, 1.165) is 18.5 Å². The lowest BCUT2D eigenvalue weighted by Gasteiger charge is -2.03. The van der Waals surface area contributed by atoms with E-state index in [-0.39, 0.29) is 11.3 Å². The van der Waals surface area contributed by atoms with Gasteiger partial charge in [-0.3, -0.25) is 4.79 Å². The Bertz CT molecular complexity index is 685. The molecule has 2 aromatic rings. The van der Waals surface area contributed by atoms with Gasteiger partial charge in [-0.15, -0.1) is 0 Å². The number of hydrogen-bond acceptors (Lipinski definition) is 5. The van der Waals surface area contributed by atoms with Crippen LogP contribution in [0.2, 0.25) is 0 Å². The van der Waals surface area contributed by atoms with Crippen LogP contribution in [0.4, 0.5) is 0 Å². The molecule has 0 amide bonds. The van der Waals surface area contributed by atoms with Crippen molar-refractivity contribution in [3.8, 4) is 0 Å². The van der Waals surface area contributed by atoms with Gasteiger partial charge in [0.2, 0.25) is 0 Å². The van der Waals surface area contributed by atoms with Gasteiger partial charge in [-0.2, -0.15) is 0 Å². The van der Waals surface area contributed by atoms with Crippen molar-refractivity contribution in [2.45, 2.75) is 29.8 Å². The standard InChI is InChI=1S/C13H13N3O3S/c1-2-3-8-6-11(17)16-13(15-8)20-9-4-5-14-10(7-9)12(18)19/h4-7H,2-3H2,1H3,(H,18,19)(H,15,16,17). The van der Waals surface area contributed by atoms with E-state index in [1.807, 2.05) is 6.92 Å². The first-order chi connectivity index (χ1) is 9.58. The summed E-state index contributed by atoms with van der Waals surface area (Å²) in [4.78, 5) is 33.8. The lowest BCUT2D eigenvalue weighted by molar-refractivity contribution is 0.0690. The monoisotopic (exact) mass is 291 g/mol. The summed E-state index contributed by atoms with van der Waals surface area (Å²) >= 11 is 1.20. The number of carboxylic acid groups (broad SMARTS) is 1. The fourth-order valence-corrected chi connectivity index (χ4v) is 2.46. The fourth-order valence-electron chi connectivity index (χ4n) is 1.62. The second-order valence-corrected chi connectivity index (χ2v) is 5.14. The number of carboxylic acids is 1. The molecule has 0 bridgehead atoms. The summed E-state index contributed by atoms with van der Waals surface area (Å²) in [5.74, 6) is -1.09. The average Bonchev–Trinajstić information content (AvgIpc) is 2.38. The number of hydrogen-bond donors (Lipinski definition) is 2. The Labute approximate surface area is 119 Å². The lowest BCUT2D eigenvalue weighted by atomic mass is 10.2. The van der Waals surface area contributed by atoms with Crippen LogP contribution in [0.15, 0.2) is 39.2 Å². The normalized spacial score (nSPS) is 10.4. The summed E-state index contributed by atoms with van der Waals surface area (Å²) in [6.45, 7) is 2.01. The number of nitrogens with zero attached hydrogens (tertiary/aromatic N) is 2. The summed E-state index contributed by atoms with van der Waals surface area (Å²) in [7, 11) is 0. The molecule has 0 aromatic carbocycles. The third-order valence-corrected chi connectivity index (χ3v) is 3.32. The molecule has 0 aliphatic carbocycles. The van der Waals surface area contributed by atoms with Crippen LogP contribution in [-0.2, 0) is 6.42 Å². The molecule has 0 saturated carbocycles. The van der Waals surface area contributed by atoms with Gasteiger partial charge in [-0.25, -0.2) is 14.8 Å². The average molecular weight is 291 g/mol. The highest BCUT2D eigenvalue weighted by Gasteiger charge is 2.08. The SMILES string of the molecule is CCCc1cc(=O)[nH]c(Sc2ccnc(C(=O)O)c2)n1. The number of pyridine rings is 1. The third kappa shape index (κ3) is 3.67. The molecule has 104 valence electrons. The quantitative estimate of drug-likeness (QED) is 0.818. The molecule has 2 aromatic heterocycles. The van der Waals surface area contributed by atoms with E-state index in [1.54, 1.807) is 6.07 Å². The van der Waals surface area contributed by atoms with Crippen molar-refractivity contribution < 1.29 is 9.90 Å². The van der Waals surface area contributed by atoms with E-state index in [0.29, 0.717) is 10.1 Å². The number of carbonyl (C=O) groups is 1. The molecule has 0 spiro atoms. The van der Waals surface area contributed by atoms with E-state index in [9.17, 15) is 9.59 Å². The highest BCUT2D eigenvalue weighted by Crippen LogP contribution is 2.24. The van der Waals surface area contributed by atoms with Gasteiger partial charge in [-0.1, -0.05) is 25.1 Å². The number of rotatable bonds is 5. The van der Waals surface area contributed by atoms with Crippen molar-refractivity contribution in [2.75, 3.05) is 0 Å². The molecule has 2 heterocycles. The zero-order valence-corrected chi connectivity index (χ0v) is 11.6. The Morgan fingerprint density at radius 2 is 2.25 bits per heavy atom. The predicted octanol–water partition coefficient (Wildman–Crippen LogP) is 1.97. The van der Waals surface area contributed by atoms with Crippen molar-refractivity contribution in [3.63, 3.8) is 0 Å². The lowest BCUT2D eigenvalue weighted by Crippen LogP contribution is -2.09. The second kappa shape index (κ2) is 6.33. The molecular weight excluding hydrogens is 278 g/mol. The molecule has 0 aliphatic heterocycles. The fraction of sp³-hybridized carbons (Fsp3) is 0.231. The van der Waals surface area contributed by atoms with Crippen molar-refractivity contribution in [2.24, 2.45) is 0 Å². The van der Waals surface area contributed by atoms with Crippen molar-refractivity contribution in [3.05, 3.63) is 46.1 Å². The van der Waals surface area contributed by atoms with E-state index in [1.165, 1.54) is 30.1 Å². The van der Waals surface area contributed by atoms with Gasteiger partial charge in [0.15, 0.2) is 5.16 Å². The third-order valence-electron chi connectivity index (χ3n) is 2.44. The van der Waals surface area contributed by atoms with Crippen molar-refractivity contribution in [1.82, 2.24) is 15.0 Å². The van der Waals surface area contributed by atoms with Gasteiger partial charge in [0.25, 0.3) is 5.56 Å². The Kier molecular flexibility index (Phi) is 4.52. The number of aryl methyl sites for hydroxylation is 1. The van der Waals surface area contributed by atoms with Crippen molar-refractivity contribution >= 4 is 17.7 Å². The summed E-state index contributed by atoms with van der Waals surface area (Å²) in [5.41, 5.74) is 0.479. The van der Waals surface area contributed by atoms with Gasteiger partial charge in [0, 0.05) is 22.9 Å². The van der Waals surface area contributed by atoms with Crippen LogP contribution in [0.3, 0.4) is 0 Å². The van der Waals surface area contributed by atoms with Gasteiger partial charge in [-0.05, 0) is 18.6 Å². The molecule has 0 atom stereocenters. The van der Waals surface area contributed by atoms with Crippen LogP contribution in [0.5, 0.6) is 0 Å². The first kappa shape index (κ1) is 14.3. The Morgan fingerprint density at radius 3 is 2.95 bits per heavy atom. The molecule has 6 nitrogen and oxygen atoms in total. The number of aromatic nitrogens is 3. The van der Waals surface area contributed by atoms with Gasteiger partial charge in [0.1, 0.15) is 5.69 Å². The van der Waals surface area contributed by atoms with Gasteiger partial charge >= 0.3 is 5.97 Å². The van der Waals surface area contributed by atoms with E-state index < -0.39 is 5.97 Å². The molecule has 7 heteroatoms. The minimum Gasteiger partial charge on any atom is -0.477 e. The summed E-state index contributed by atoms with van der Waals surface area (Å²) in [6, 6.07) is 4.59. The Balaban J connectivity index is 2.27. The smallest absolute Gasteiger partial charge is 0.354 e. The summed E-state index contributed by atoms with van der Waals surface area (Å²) < 4.78 is 0. The topological polar surface area (TPSA) is 95.9 Å². The molecule has 2 N–H and O–H groups in total. The molecule has 20 heavy (non-hydrogen) atoms. The first-order valence-corrected chi connectivity index (χ1v) is 6.87. The number of H-pyrrole nitrogens is 1. The molecule has 0 saturated heterocycles. The minimum atomic E-state index is -1.09. The molecular formula is C13H13N3O3S. The van der Waals surface area contributed by atoms with Crippen LogP contribution in [0.1, 0.15) is 29.5 Å². The summed E-state index contributed by atoms with van der Waals surface area (Å²) in [6.07, 6.45) is 3.05. The maximum Gasteiger partial charge on any atom is 0.354 e. The van der Waals surface area contributed by atoms with Crippen LogP contribution < -0.4 is 5.56 Å². The van der Waals surface area contributed by atoms with Gasteiger partial charge < -0.3 is 10.1 Å². The molecule has 0 fully saturated rings. The first-order valence-electron chi connectivity index (χ1n) is 6.06.